The number of sulfone groups is 1. The number of nitrogens with one attached hydrogen (secondary N) is 1. The lowest BCUT2D eigenvalue weighted by atomic mass is 9.82. The van der Waals surface area contributed by atoms with Crippen molar-refractivity contribution in [2.75, 3.05) is 11.5 Å². The van der Waals surface area contributed by atoms with Crippen molar-refractivity contribution in [2.45, 2.75) is 44.1 Å². The molecule has 6 heteroatoms. The molecule has 0 aromatic rings. The molecule has 1 aliphatic heterocycles. The van der Waals surface area contributed by atoms with Gasteiger partial charge < -0.3 is 5.32 Å². The van der Waals surface area contributed by atoms with Crippen LogP contribution < -0.4 is 5.32 Å². The van der Waals surface area contributed by atoms with Crippen LogP contribution in [0.2, 0.25) is 0 Å². The van der Waals surface area contributed by atoms with E-state index in [1.54, 1.807) is 0 Å². The molecule has 1 saturated carbocycles. The Labute approximate surface area is 107 Å². The van der Waals surface area contributed by atoms with E-state index in [0.29, 0.717) is 19.3 Å². The fraction of sp³-hybridized carbons (Fsp3) is 0.833. The van der Waals surface area contributed by atoms with Gasteiger partial charge in [-0.05, 0) is 19.3 Å². The maximum atomic E-state index is 12.0. The van der Waals surface area contributed by atoms with Gasteiger partial charge in [0, 0.05) is 0 Å². The van der Waals surface area contributed by atoms with E-state index in [1.165, 1.54) is 0 Å². The highest BCUT2D eigenvalue weighted by atomic mass is 32.2. The SMILES string of the molecule is N#CC1(NC(=O)C2CCS(=O)(=O)C2)CCCCC1. The predicted molar refractivity (Wildman–Crippen MR) is 66.3 cm³/mol. The molecule has 1 heterocycles. The van der Waals surface area contributed by atoms with Crippen molar-refractivity contribution in [2.24, 2.45) is 5.92 Å². The largest absolute Gasteiger partial charge is 0.338 e. The standard InChI is InChI=1S/C12H18N2O3S/c13-9-12(5-2-1-3-6-12)14-11(15)10-4-7-18(16,17)8-10/h10H,1-8H2,(H,14,15). The van der Waals surface area contributed by atoms with Crippen LogP contribution in [0.3, 0.4) is 0 Å². The second kappa shape index (κ2) is 4.88. The first-order valence-corrected chi connectivity index (χ1v) is 8.22. The predicted octanol–water partition coefficient (Wildman–Crippen LogP) is 0.764. The van der Waals surface area contributed by atoms with E-state index >= 15 is 0 Å². The molecule has 0 aromatic heterocycles. The lowest BCUT2D eigenvalue weighted by molar-refractivity contribution is -0.126. The first-order valence-electron chi connectivity index (χ1n) is 6.40. The molecule has 0 aromatic carbocycles. The fourth-order valence-electron chi connectivity index (χ4n) is 2.76. The average molecular weight is 270 g/mol. The molecule has 1 N–H and O–H groups in total. The second-order valence-electron chi connectivity index (χ2n) is 5.34. The third-order valence-corrected chi connectivity index (χ3v) is 5.65. The van der Waals surface area contributed by atoms with Gasteiger partial charge in [0.2, 0.25) is 5.91 Å². The summed E-state index contributed by atoms with van der Waals surface area (Å²) in [6, 6.07) is 2.21. The van der Waals surface area contributed by atoms with Crippen molar-refractivity contribution in [1.29, 1.82) is 5.26 Å². The van der Waals surface area contributed by atoms with E-state index in [9.17, 15) is 18.5 Å². The van der Waals surface area contributed by atoms with Crippen molar-refractivity contribution in [1.82, 2.24) is 5.32 Å². The van der Waals surface area contributed by atoms with Crippen LogP contribution in [0, 0.1) is 17.2 Å². The molecular weight excluding hydrogens is 252 g/mol. The normalized spacial score (nSPS) is 29.4. The minimum Gasteiger partial charge on any atom is -0.338 e. The topological polar surface area (TPSA) is 87.0 Å². The van der Waals surface area contributed by atoms with Crippen LogP contribution >= 0.6 is 0 Å². The highest BCUT2D eigenvalue weighted by molar-refractivity contribution is 7.91. The van der Waals surface area contributed by atoms with Gasteiger partial charge in [0.1, 0.15) is 5.54 Å². The third kappa shape index (κ3) is 2.83. The van der Waals surface area contributed by atoms with Crippen molar-refractivity contribution in [3.05, 3.63) is 0 Å². The first kappa shape index (κ1) is 13.3. The van der Waals surface area contributed by atoms with Gasteiger partial charge in [-0.1, -0.05) is 19.3 Å². The number of carbonyl (C=O) groups is 1. The summed E-state index contributed by atoms with van der Waals surface area (Å²) in [5.41, 5.74) is -0.762. The highest BCUT2D eigenvalue weighted by Gasteiger charge is 2.39. The minimum absolute atomic E-state index is 0.0691. The number of nitriles is 1. The molecule has 1 atom stereocenters. The molecule has 0 bridgehead atoms. The van der Waals surface area contributed by atoms with E-state index in [2.05, 4.69) is 11.4 Å². The van der Waals surface area contributed by atoms with Crippen LogP contribution in [0.4, 0.5) is 0 Å². The molecular formula is C12H18N2O3S. The number of hydrogen-bond acceptors (Lipinski definition) is 4. The highest BCUT2D eigenvalue weighted by Crippen LogP contribution is 2.29. The lowest BCUT2D eigenvalue weighted by Gasteiger charge is -2.32. The Hall–Kier alpha value is -1.09. The number of rotatable bonds is 2. The lowest BCUT2D eigenvalue weighted by Crippen LogP contribution is -2.50. The second-order valence-corrected chi connectivity index (χ2v) is 7.57. The zero-order valence-corrected chi connectivity index (χ0v) is 11.1. The summed E-state index contributed by atoms with van der Waals surface area (Å²) in [7, 11) is -3.05. The molecule has 2 rings (SSSR count). The van der Waals surface area contributed by atoms with E-state index in [1.807, 2.05) is 0 Å². The molecule has 1 saturated heterocycles. The molecule has 2 aliphatic rings. The van der Waals surface area contributed by atoms with E-state index in [0.717, 1.165) is 19.3 Å². The Morgan fingerprint density at radius 1 is 1.28 bits per heavy atom. The Bertz CT molecular complexity index is 472. The van der Waals surface area contributed by atoms with Gasteiger partial charge in [0.05, 0.1) is 23.5 Å². The molecule has 0 radical (unpaired) electrons. The van der Waals surface area contributed by atoms with E-state index in [-0.39, 0.29) is 17.4 Å². The van der Waals surface area contributed by atoms with Crippen molar-refractivity contribution >= 4 is 15.7 Å². The monoisotopic (exact) mass is 270 g/mol. The molecule has 100 valence electrons. The average Bonchev–Trinajstić information content (AvgIpc) is 2.71. The zero-order valence-electron chi connectivity index (χ0n) is 10.3. The molecule has 2 fully saturated rings. The molecule has 1 aliphatic carbocycles. The number of hydrogen-bond donors (Lipinski definition) is 1. The Balaban J connectivity index is 2.00. The molecule has 0 spiro atoms. The van der Waals surface area contributed by atoms with Crippen LogP contribution in [0.15, 0.2) is 0 Å². The van der Waals surface area contributed by atoms with Crippen LogP contribution in [0.1, 0.15) is 38.5 Å². The molecule has 18 heavy (non-hydrogen) atoms. The van der Waals surface area contributed by atoms with Crippen LogP contribution in [0.5, 0.6) is 0 Å². The van der Waals surface area contributed by atoms with Crippen LogP contribution in [-0.2, 0) is 14.6 Å². The maximum absolute atomic E-state index is 12.0. The van der Waals surface area contributed by atoms with Gasteiger partial charge in [0.25, 0.3) is 0 Å². The Morgan fingerprint density at radius 3 is 2.44 bits per heavy atom. The maximum Gasteiger partial charge on any atom is 0.225 e. The summed E-state index contributed by atoms with van der Waals surface area (Å²) in [5, 5.41) is 12.1. The summed E-state index contributed by atoms with van der Waals surface area (Å²) in [4.78, 5) is 12.0. The van der Waals surface area contributed by atoms with Gasteiger partial charge in [-0.15, -0.1) is 0 Å². The summed E-state index contributed by atoms with van der Waals surface area (Å²) >= 11 is 0. The Morgan fingerprint density at radius 2 is 1.94 bits per heavy atom. The van der Waals surface area contributed by atoms with Gasteiger partial charge in [-0.3, -0.25) is 4.79 Å². The van der Waals surface area contributed by atoms with E-state index in [4.69, 9.17) is 0 Å². The smallest absolute Gasteiger partial charge is 0.225 e. The van der Waals surface area contributed by atoms with Gasteiger partial charge >= 0.3 is 0 Å². The van der Waals surface area contributed by atoms with Crippen molar-refractivity contribution < 1.29 is 13.2 Å². The van der Waals surface area contributed by atoms with Crippen LogP contribution in [0.25, 0.3) is 0 Å². The summed E-state index contributed by atoms with van der Waals surface area (Å²) in [6.45, 7) is 0. The van der Waals surface area contributed by atoms with Crippen LogP contribution in [-0.4, -0.2) is 31.4 Å². The van der Waals surface area contributed by atoms with Gasteiger partial charge in [-0.2, -0.15) is 5.26 Å². The fourth-order valence-corrected chi connectivity index (χ4v) is 4.50. The Kier molecular flexibility index (Phi) is 3.62. The third-order valence-electron chi connectivity index (χ3n) is 3.89. The number of amides is 1. The molecule has 1 unspecified atom stereocenters. The van der Waals surface area contributed by atoms with Gasteiger partial charge in [-0.25, -0.2) is 8.42 Å². The number of carbonyl (C=O) groups excluding carboxylic acids is 1. The first-order chi connectivity index (χ1) is 8.46. The van der Waals surface area contributed by atoms with E-state index < -0.39 is 21.3 Å². The molecule has 5 nitrogen and oxygen atoms in total. The number of nitrogens with zero attached hydrogens (tertiary/aromatic N) is 1. The summed E-state index contributed by atoms with van der Waals surface area (Å²) in [5.74, 6) is -0.716. The van der Waals surface area contributed by atoms with Gasteiger partial charge in [0.15, 0.2) is 9.84 Å². The summed E-state index contributed by atoms with van der Waals surface area (Å²) < 4.78 is 22.7. The zero-order chi connectivity index (χ0) is 13.2. The van der Waals surface area contributed by atoms with Crippen molar-refractivity contribution in [3.8, 4) is 6.07 Å². The minimum atomic E-state index is -3.05. The molecule has 1 amide bonds. The quantitative estimate of drug-likeness (QED) is 0.802. The summed E-state index contributed by atoms with van der Waals surface area (Å²) in [6.07, 6.45) is 4.71. The van der Waals surface area contributed by atoms with Crippen molar-refractivity contribution in [3.63, 3.8) is 0 Å².